The lowest BCUT2D eigenvalue weighted by atomic mass is 10.2. The van der Waals surface area contributed by atoms with Crippen LogP contribution in [-0.2, 0) is 0 Å². The van der Waals surface area contributed by atoms with Crippen LogP contribution in [0.2, 0.25) is 0 Å². The Bertz CT molecular complexity index is 881. The molecule has 0 amide bonds. The molecule has 2 aromatic carbocycles. The zero-order chi connectivity index (χ0) is 17.6. The summed E-state index contributed by atoms with van der Waals surface area (Å²) in [7, 11) is 1.61. The number of carboxylic acids is 1. The van der Waals surface area contributed by atoms with Crippen molar-refractivity contribution < 1.29 is 14.6 Å². The van der Waals surface area contributed by atoms with Crippen LogP contribution in [0, 0.1) is 0 Å². The zero-order valence-corrected chi connectivity index (χ0v) is 13.4. The van der Waals surface area contributed by atoms with E-state index in [4.69, 9.17) is 9.84 Å². The molecule has 7 nitrogen and oxygen atoms in total. The van der Waals surface area contributed by atoms with Crippen molar-refractivity contribution in [3.8, 4) is 5.75 Å². The number of nitrogens with one attached hydrogen (secondary N) is 2. The molecule has 7 heteroatoms. The Labute approximate surface area is 144 Å². The van der Waals surface area contributed by atoms with E-state index in [1.807, 2.05) is 24.3 Å². The van der Waals surface area contributed by atoms with Gasteiger partial charge in [-0.15, -0.1) is 0 Å². The number of rotatable bonds is 6. The number of nitrogens with zero attached hydrogens (tertiary/aromatic N) is 2. The summed E-state index contributed by atoms with van der Waals surface area (Å²) in [5.74, 6) is 0.756. The first kappa shape index (κ1) is 16.3. The third-order valence-corrected chi connectivity index (χ3v) is 3.38. The topological polar surface area (TPSA) is 96.4 Å². The Hall–Kier alpha value is -3.61. The molecule has 0 aliphatic heterocycles. The fraction of sp³-hybridized carbons (Fsp3) is 0.0556. The summed E-state index contributed by atoms with van der Waals surface area (Å²) in [5, 5.41) is 15.2. The van der Waals surface area contributed by atoms with E-state index in [1.165, 1.54) is 6.07 Å². The average molecular weight is 336 g/mol. The smallest absolute Gasteiger partial charge is 0.335 e. The Morgan fingerprint density at radius 1 is 1.04 bits per heavy atom. The summed E-state index contributed by atoms with van der Waals surface area (Å²) >= 11 is 0. The van der Waals surface area contributed by atoms with Gasteiger partial charge in [0.15, 0.2) is 0 Å². The molecule has 3 N–H and O–H groups in total. The fourth-order valence-electron chi connectivity index (χ4n) is 2.17. The van der Waals surface area contributed by atoms with Crippen molar-refractivity contribution in [3.05, 3.63) is 66.4 Å². The second kappa shape index (κ2) is 7.31. The number of aromatic nitrogens is 2. The molecule has 3 aromatic rings. The van der Waals surface area contributed by atoms with Gasteiger partial charge in [0.25, 0.3) is 0 Å². The normalized spacial score (nSPS) is 10.1. The monoisotopic (exact) mass is 336 g/mol. The van der Waals surface area contributed by atoms with Crippen LogP contribution >= 0.6 is 0 Å². The Morgan fingerprint density at radius 2 is 1.84 bits per heavy atom. The van der Waals surface area contributed by atoms with Crippen LogP contribution in [0.1, 0.15) is 10.4 Å². The van der Waals surface area contributed by atoms with E-state index in [2.05, 4.69) is 20.6 Å². The highest BCUT2D eigenvalue weighted by Crippen LogP contribution is 2.20. The van der Waals surface area contributed by atoms with Crippen LogP contribution in [0.4, 0.5) is 23.1 Å². The lowest BCUT2D eigenvalue weighted by Crippen LogP contribution is -2.01. The molecule has 0 saturated carbocycles. The van der Waals surface area contributed by atoms with Gasteiger partial charge in [0.05, 0.1) is 12.7 Å². The third-order valence-electron chi connectivity index (χ3n) is 3.38. The van der Waals surface area contributed by atoms with Crippen molar-refractivity contribution in [1.29, 1.82) is 0 Å². The van der Waals surface area contributed by atoms with E-state index >= 15 is 0 Å². The largest absolute Gasteiger partial charge is 0.497 e. The van der Waals surface area contributed by atoms with Crippen LogP contribution in [0.25, 0.3) is 0 Å². The van der Waals surface area contributed by atoms with Gasteiger partial charge in [0, 0.05) is 17.6 Å². The number of hydrogen-bond donors (Lipinski definition) is 3. The van der Waals surface area contributed by atoms with E-state index in [0.29, 0.717) is 17.5 Å². The van der Waals surface area contributed by atoms with E-state index in [0.717, 1.165) is 11.4 Å². The fourth-order valence-corrected chi connectivity index (χ4v) is 2.17. The standard InChI is InChI=1S/C18H16N4O3/c1-25-15-7-5-13(6-8-15)21-18-19-10-9-16(22-18)20-14-4-2-3-12(11-14)17(23)24/h2-11H,1H3,(H,23,24)(H2,19,20,21,22). The molecular formula is C18H16N4O3. The molecule has 3 rings (SSSR count). The summed E-state index contributed by atoms with van der Waals surface area (Å²) in [4.78, 5) is 19.6. The zero-order valence-electron chi connectivity index (χ0n) is 13.4. The van der Waals surface area contributed by atoms with E-state index in [1.54, 1.807) is 37.6 Å². The van der Waals surface area contributed by atoms with Gasteiger partial charge in [-0.3, -0.25) is 0 Å². The van der Waals surface area contributed by atoms with Gasteiger partial charge in [-0.2, -0.15) is 4.98 Å². The highest BCUT2D eigenvalue weighted by Gasteiger charge is 2.05. The second-order valence-electron chi connectivity index (χ2n) is 5.13. The third kappa shape index (κ3) is 4.23. The first-order valence-electron chi connectivity index (χ1n) is 7.48. The van der Waals surface area contributed by atoms with Crippen LogP contribution in [0.3, 0.4) is 0 Å². The molecule has 1 aromatic heterocycles. The summed E-state index contributed by atoms with van der Waals surface area (Å²) in [6.45, 7) is 0. The number of carboxylic acid groups (broad SMARTS) is 1. The molecule has 0 bridgehead atoms. The lowest BCUT2D eigenvalue weighted by Gasteiger charge is -2.09. The van der Waals surface area contributed by atoms with Gasteiger partial charge >= 0.3 is 5.97 Å². The van der Waals surface area contributed by atoms with Gasteiger partial charge in [-0.25, -0.2) is 9.78 Å². The SMILES string of the molecule is COc1ccc(Nc2nccc(Nc3cccc(C(=O)O)c3)n2)cc1. The van der Waals surface area contributed by atoms with Crippen LogP contribution in [0.5, 0.6) is 5.75 Å². The highest BCUT2D eigenvalue weighted by atomic mass is 16.5. The first-order valence-corrected chi connectivity index (χ1v) is 7.48. The van der Waals surface area contributed by atoms with Crippen molar-refractivity contribution in [2.75, 3.05) is 17.7 Å². The minimum absolute atomic E-state index is 0.204. The minimum Gasteiger partial charge on any atom is -0.497 e. The predicted octanol–water partition coefficient (Wildman–Crippen LogP) is 3.67. The molecule has 1 heterocycles. The first-order chi connectivity index (χ1) is 12.1. The van der Waals surface area contributed by atoms with Crippen LogP contribution in [0.15, 0.2) is 60.8 Å². The Balaban J connectivity index is 1.74. The Morgan fingerprint density at radius 3 is 2.56 bits per heavy atom. The van der Waals surface area contributed by atoms with Crippen molar-refractivity contribution in [2.24, 2.45) is 0 Å². The molecule has 0 saturated heterocycles. The van der Waals surface area contributed by atoms with Crippen molar-refractivity contribution in [3.63, 3.8) is 0 Å². The molecule has 0 radical (unpaired) electrons. The summed E-state index contributed by atoms with van der Waals surface area (Å²) < 4.78 is 5.12. The molecule has 0 aliphatic carbocycles. The minimum atomic E-state index is -0.979. The molecule has 0 atom stereocenters. The molecule has 0 spiro atoms. The Kier molecular flexibility index (Phi) is 4.75. The van der Waals surface area contributed by atoms with Gasteiger partial charge in [0.2, 0.25) is 5.95 Å². The highest BCUT2D eigenvalue weighted by molar-refractivity contribution is 5.89. The number of methoxy groups -OCH3 is 1. The quantitative estimate of drug-likeness (QED) is 0.632. The molecule has 0 aliphatic rings. The number of anilines is 4. The van der Waals surface area contributed by atoms with Crippen LogP contribution < -0.4 is 15.4 Å². The second-order valence-corrected chi connectivity index (χ2v) is 5.13. The van der Waals surface area contributed by atoms with Gasteiger partial charge in [-0.05, 0) is 48.5 Å². The van der Waals surface area contributed by atoms with Gasteiger partial charge in [0.1, 0.15) is 11.6 Å². The van der Waals surface area contributed by atoms with Crippen molar-refractivity contribution in [2.45, 2.75) is 0 Å². The van der Waals surface area contributed by atoms with Crippen LogP contribution in [-0.4, -0.2) is 28.2 Å². The summed E-state index contributed by atoms with van der Waals surface area (Å²) in [6.07, 6.45) is 1.61. The molecular weight excluding hydrogens is 320 g/mol. The number of carbonyl (C=O) groups is 1. The maximum absolute atomic E-state index is 11.0. The van der Waals surface area contributed by atoms with E-state index < -0.39 is 5.97 Å². The van der Waals surface area contributed by atoms with Crippen molar-refractivity contribution in [1.82, 2.24) is 9.97 Å². The number of benzene rings is 2. The van der Waals surface area contributed by atoms with Crippen molar-refractivity contribution >= 4 is 29.1 Å². The maximum Gasteiger partial charge on any atom is 0.335 e. The molecule has 0 unspecified atom stereocenters. The summed E-state index contributed by atoms with van der Waals surface area (Å²) in [6, 6.07) is 15.6. The van der Waals surface area contributed by atoms with Gasteiger partial charge in [-0.1, -0.05) is 6.07 Å². The molecule has 0 fully saturated rings. The molecule has 25 heavy (non-hydrogen) atoms. The number of hydrogen-bond acceptors (Lipinski definition) is 6. The average Bonchev–Trinajstić information content (AvgIpc) is 2.63. The number of aromatic carboxylic acids is 1. The number of ether oxygens (including phenoxy) is 1. The summed E-state index contributed by atoms with van der Waals surface area (Å²) in [5.41, 5.74) is 1.66. The molecule has 126 valence electrons. The predicted molar refractivity (Wildman–Crippen MR) is 95.0 cm³/mol. The van der Waals surface area contributed by atoms with Gasteiger partial charge < -0.3 is 20.5 Å². The maximum atomic E-state index is 11.0. The lowest BCUT2D eigenvalue weighted by molar-refractivity contribution is 0.0697. The van der Waals surface area contributed by atoms with E-state index in [-0.39, 0.29) is 5.56 Å². The van der Waals surface area contributed by atoms with E-state index in [9.17, 15) is 4.79 Å².